The van der Waals surface area contributed by atoms with E-state index in [2.05, 4.69) is 51.6 Å². The lowest BCUT2D eigenvalue weighted by Gasteiger charge is -2.27. The van der Waals surface area contributed by atoms with Gasteiger partial charge in [-0.15, -0.1) is 0 Å². The summed E-state index contributed by atoms with van der Waals surface area (Å²) in [7, 11) is 0. The van der Waals surface area contributed by atoms with Crippen LogP contribution in [0.15, 0.2) is 34.9 Å². The van der Waals surface area contributed by atoms with Crippen molar-refractivity contribution in [3.8, 4) is 11.3 Å². The molecule has 5 heteroatoms. The zero-order chi connectivity index (χ0) is 20.7. The van der Waals surface area contributed by atoms with Crippen LogP contribution in [-0.4, -0.2) is 35.6 Å². The van der Waals surface area contributed by atoms with E-state index in [1.807, 2.05) is 35.2 Å². The highest BCUT2D eigenvalue weighted by Gasteiger charge is 2.26. The third-order valence-corrected chi connectivity index (χ3v) is 4.74. The Bertz CT molecular complexity index is 734. The molecule has 1 amide bonds. The number of carbonyl (C=O) groups is 1. The van der Waals surface area contributed by atoms with Crippen LogP contribution in [0.1, 0.15) is 53.5 Å². The van der Waals surface area contributed by atoms with Crippen LogP contribution in [0.25, 0.3) is 11.3 Å². The van der Waals surface area contributed by atoms with Crippen molar-refractivity contribution in [2.75, 3.05) is 24.5 Å². The highest BCUT2D eigenvalue weighted by Crippen LogP contribution is 2.32. The molecule has 0 saturated heterocycles. The molecule has 0 atom stereocenters. The van der Waals surface area contributed by atoms with Crippen LogP contribution in [0, 0.1) is 11.8 Å². The van der Waals surface area contributed by atoms with Crippen LogP contribution in [-0.2, 0) is 11.3 Å². The molecular formula is C23H35N3O2. The second kappa shape index (κ2) is 10.3. The second-order valence-corrected chi connectivity index (χ2v) is 8.12. The van der Waals surface area contributed by atoms with E-state index in [9.17, 15) is 4.79 Å². The first-order valence-electron chi connectivity index (χ1n) is 10.4. The summed E-state index contributed by atoms with van der Waals surface area (Å²) in [6.07, 6.45) is 0.555. The van der Waals surface area contributed by atoms with Crippen molar-refractivity contribution in [3.05, 3.63) is 35.9 Å². The van der Waals surface area contributed by atoms with Crippen molar-refractivity contribution in [2.45, 2.75) is 54.5 Å². The molecule has 5 nitrogen and oxygen atoms in total. The largest absolute Gasteiger partial charge is 0.341 e. The van der Waals surface area contributed by atoms with Crippen molar-refractivity contribution in [1.29, 1.82) is 0 Å². The quantitative estimate of drug-likeness (QED) is 0.563. The minimum Gasteiger partial charge on any atom is -0.341 e. The fraction of sp³-hybridized carbons (Fsp3) is 0.565. The lowest BCUT2D eigenvalue weighted by atomic mass is 10.0. The van der Waals surface area contributed by atoms with Crippen LogP contribution in [0.3, 0.4) is 0 Å². The minimum atomic E-state index is 0.189. The molecule has 1 aromatic carbocycles. The van der Waals surface area contributed by atoms with Crippen LogP contribution in [0.4, 0.5) is 5.88 Å². The topological polar surface area (TPSA) is 49.6 Å². The number of rotatable bonds is 10. The summed E-state index contributed by atoms with van der Waals surface area (Å²) in [6, 6.07) is 10.1. The van der Waals surface area contributed by atoms with Crippen molar-refractivity contribution in [3.63, 3.8) is 0 Å². The summed E-state index contributed by atoms with van der Waals surface area (Å²) in [6.45, 7) is 15.6. The average molecular weight is 386 g/mol. The third-order valence-electron chi connectivity index (χ3n) is 4.74. The van der Waals surface area contributed by atoms with Crippen molar-refractivity contribution >= 4 is 11.8 Å². The smallest absolute Gasteiger partial charge is 0.232 e. The Morgan fingerprint density at radius 1 is 1.04 bits per heavy atom. The fourth-order valence-electron chi connectivity index (χ4n) is 3.39. The summed E-state index contributed by atoms with van der Waals surface area (Å²) in [5.74, 6) is 1.69. The zero-order valence-corrected chi connectivity index (χ0v) is 18.2. The van der Waals surface area contributed by atoms with Crippen LogP contribution in [0.5, 0.6) is 0 Å². The lowest BCUT2D eigenvalue weighted by molar-refractivity contribution is -0.133. The molecule has 0 aliphatic carbocycles. The van der Waals surface area contributed by atoms with E-state index in [4.69, 9.17) is 4.52 Å². The second-order valence-electron chi connectivity index (χ2n) is 8.12. The van der Waals surface area contributed by atoms with Gasteiger partial charge in [-0.3, -0.25) is 4.79 Å². The number of benzene rings is 1. The molecule has 0 fully saturated rings. The molecule has 0 aliphatic heterocycles. The first kappa shape index (κ1) is 22.0. The van der Waals surface area contributed by atoms with Crippen LogP contribution >= 0.6 is 0 Å². The lowest BCUT2D eigenvalue weighted by Crippen LogP contribution is -2.35. The Balaban J connectivity index is 2.46. The Morgan fingerprint density at radius 3 is 2.21 bits per heavy atom. The van der Waals surface area contributed by atoms with Crippen molar-refractivity contribution in [1.82, 2.24) is 10.1 Å². The molecule has 1 aromatic heterocycles. The van der Waals surface area contributed by atoms with Gasteiger partial charge in [-0.2, -0.15) is 0 Å². The number of anilines is 1. The van der Waals surface area contributed by atoms with E-state index in [0.717, 1.165) is 42.3 Å². The summed E-state index contributed by atoms with van der Waals surface area (Å²) in [5, 5.41) is 4.40. The summed E-state index contributed by atoms with van der Waals surface area (Å²) >= 11 is 0. The van der Waals surface area contributed by atoms with Gasteiger partial charge in [-0.25, -0.2) is 0 Å². The van der Waals surface area contributed by atoms with Gasteiger partial charge in [0.2, 0.25) is 11.8 Å². The Kier molecular flexibility index (Phi) is 8.09. The summed E-state index contributed by atoms with van der Waals surface area (Å²) in [4.78, 5) is 17.1. The highest BCUT2D eigenvalue weighted by molar-refractivity contribution is 5.77. The zero-order valence-electron chi connectivity index (χ0n) is 18.2. The van der Waals surface area contributed by atoms with E-state index < -0.39 is 0 Å². The first-order valence-corrected chi connectivity index (χ1v) is 10.4. The molecule has 154 valence electrons. The molecule has 0 bridgehead atoms. The molecule has 0 saturated carbocycles. The normalized spacial score (nSPS) is 11.3. The first-order chi connectivity index (χ1) is 13.4. The maximum atomic E-state index is 12.9. The molecule has 0 aliphatic rings. The van der Waals surface area contributed by atoms with E-state index >= 15 is 0 Å². The molecule has 2 aromatic rings. The number of aromatic nitrogens is 1. The van der Waals surface area contributed by atoms with Crippen LogP contribution in [0.2, 0.25) is 0 Å². The summed E-state index contributed by atoms with van der Waals surface area (Å²) < 4.78 is 5.80. The monoisotopic (exact) mass is 385 g/mol. The molecule has 0 radical (unpaired) electrons. The number of nitrogens with zero attached hydrogens (tertiary/aromatic N) is 3. The van der Waals surface area contributed by atoms with E-state index in [0.29, 0.717) is 24.8 Å². The fourth-order valence-corrected chi connectivity index (χ4v) is 3.39. The highest BCUT2D eigenvalue weighted by atomic mass is 16.5. The van der Waals surface area contributed by atoms with Gasteiger partial charge in [0, 0.05) is 31.6 Å². The molecule has 1 heterocycles. The average Bonchev–Trinajstić information content (AvgIpc) is 3.05. The standard InChI is InChI=1S/C23H35N3O2/c1-7-25(8-2)23-20(22(24-28-23)19-12-10-9-11-13-19)16-26(15-18(5)6)21(27)14-17(3)4/h9-13,17-18H,7-8,14-16H2,1-6H3. The maximum Gasteiger partial charge on any atom is 0.232 e. The van der Waals surface area contributed by atoms with Gasteiger partial charge in [0.15, 0.2) is 0 Å². The summed E-state index contributed by atoms with van der Waals surface area (Å²) in [5.41, 5.74) is 2.83. The molecule has 2 rings (SSSR count). The molecule has 0 unspecified atom stereocenters. The molecular weight excluding hydrogens is 350 g/mol. The van der Waals surface area contributed by atoms with E-state index in [-0.39, 0.29) is 5.91 Å². The van der Waals surface area contributed by atoms with Gasteiger partial charge >= 0.3 is 0 Å². The van der Waals surface area contributed by atoms with Crippen molar-refractivity contribution < 1.29 is 9.32 Å². The third kappa shape index (κ3) is 5.60. The number of carbonyl (C=O) groups excluding carboxylic acids is 1. The SMILES string of the molecule is CCN(CC)c1onc(-c2ccccc2)c1CN(CC(C)C)C(=O)CC(C)C. The predicted octanol–water partition coefficient (Wildman–Crippen LogP) is 5.22. The Hall–Kier alpha value is -2.30. The number of amides is 1. The van der Waals surface area contributed by atoms with E-state index in [1.54, 1.807) is 0 Å². The minimum absolute atomic E-state index is 0.189. The molecule has 0 spiro atoms. The van der Waals surface area contributed by atoms with Gasteiger partial charge in [0.1, 0.15) is 5.69 Å². The Morgan fingerprint density at radius 2 is 1.68 bits per heavy atom. The van der Waals surface area contributed by atoms with Gasteiger partial charge < -0.3 is 14.3 Å². The molecule has 28 heavy (non-hydrogen) atoms. The molecule has 0 N–H and O–H groups in total. The predicted molar refractivity (Wildman–Crippen MR) is 115 cm³/mol. The Labute approximate surface area is 169 Å². The van der Waals surface area contributed by atoms with Crippen LogP contribution < -0.4 is 4.90 Å². The van der Waals surface area contributed by atoms with Gasteiger partial charge in [-0.1, -0.05) is 63.2 Å². The van der Waals surface area contributed by atoms with Crippen molar-refractivity contribution in [2.24, 2.45) is 11.8 Å². The number of hydrogen-bond acceptors (Lipinski definition) is 4. The van der Waals surface area contributed by atoms with Gasteiger partial charge in [0.05, 0.1) is 12.1 Å². The number of hydrogen-bond donors (Lipinski definition) is 0. The maximum absolute atomic E-state index is 12.9. The van der Waals surface area contributed by atoms with E-state index in [1.165, 1.54) is 0 Å². The van der Waals surface area contributed by atoms with Gasteiger partial charge in [0.25, 0.3) is 0 Å². The van der Waals surface area contributed by atoms with Gasteiger partial charge in [-0.05, 0) is 25.7 Å².